The number of hydrogen-bond acceptors (Lipinski definition) is 5. The number of carbonyl (C=O) groups is 1. The maximum absolute atomic E-state index is 12.1. The van der Waals surface area contributed by atoms with E-state index in [-0.39, 0.29) is 30.7 Å². The number of piperidine rings is 1. The normalized spacial score (nSPS) is 19.1. The Kier molecular flexibility index (Phi) is 9.36. The van der Waals surface area contributed by atoms with Gasteiger partial charge in [-0.2, -0.15) is 0 Å². The zero-order valence-electron chi connectivity index (χ0n) is 13.8. The Hall–Kier alpha value is -1.08. The van der Waals surface area contributed by atoms with Crippen molar-refractivity contribution >= 4 is 36.5 Å². The predicted octanol–water partition coefficient (Wildman–Crippen LogP) is 0.915. The molecule has 2 aliphatic rings. The van der Waals surface area contributed by atoms with Crippen LogP contribution in [0.2, 0.25) is 0 Å². The second kappa shape index (κ2) is 10.7. The second-order valence-electron chi connectivity index (χ2n) is 6.04. The zero-order valence-corrected chi connectivity index (χ0v) is 15.5. The van der Waals surface area contributed by atoms with Crippen molar-refractivity contribution in [3.8, 4) is 0 Å². The average molecular weight is 376 g/mol. The summed E-state index contributed by atoms with van der Waals surface area (Å²) in [7, 11) is 0. The van der Waals surface area contributed by atoms with Crippen molar-refractivity contribution in [2.75, 3.05) is 50.7 Å². The Balaban J connectivity index is 0.00000144. The average Bonchev–Trinajstić information content (AvgIpc) is 2.57. The summed E-state index contributed by atoms with van der Waals surface area (Å²) in [6.07, 6.45) is 3.91. The molecule has 2 fully saturated rings. The maximum Gasteiger partial charge on any atom is 0.234 e. The molecule has 0 aromatic carbocycles. The number of carbonyl (C=O) groups excluding carboxylic acids is 1. The van der Waals surface area contributed by atoms with Crippen LogP contribution in [0.4, 0.5) is 5.82 Å². The summed E-state index contributed by atoms with van der Waals surface area (Å²) in [4.78, 5) is 21.0. The molecule has 0 spiro atoms. The van der Waals surface area contributed by atoms with E-state index in [0.29, 0.717) is 12.6 Å². The van der Waals surface area contributed by atoms with Crippen LogP contribution < -0.4 is 15.5 Å². The van der Waals surface area contributed by atoms with E-state index in [1.54, 1.807) is 0 Å². The maximum atomic E-state index is 12.1. The first-order valence-corrected chi connectivity index (χ1v) is 8.20. The van der Waals surface area contributed by atoms with Crippen molar-refractivity contribution in [3.63, 3.8) is 0 Å². The molecule has 8 heteroatoms. The minimum absolute atomic E-state index is 0. The van der Waals surface area contributed by atoms with Gasteiger partial charge in [0.2, 0.25) is 5.91 Å². The molecule has 6 nitrogen and oxygen atoms in total. The molecule has 0 saturated carbocycles. The lowest BCUT2D eigenvalue weighted by atomic mass is 10.1. The molecule has 0 radical (unpaired) electrons. The molecule has 0 aliphatic carbocycles. The van der Waals surface area contributed by atoms with Gasteiger partial charge >= 0.3 is 0 Å². The number of rotatable bonds is 4. The quantitative estimate of drug-likeness (QED) is 0.818. The highest BCUT2D eigenvalue weighted by atomic mass is 35.5. The molecular weight excluding hydrogens is 349 g/mol. The van der Waals surface area contributed by atoms with E-state index < -0.39 is 0 Å². The van der Waals surface area contributed by atoms with Gasteiger partial charge in [-0.15, -0.1) is 24.8 Å². The monoisotopic (exact) mass is 375 g/mol. The van der Waals surface area contributed by atoms with Gasteiger partial charge in [-0.1, -0.05) is 6.07 Å². The summed E-state index contributed by atoms with van der Waals surface area (Å²) in [6, 6.07) is 6.34. The van der Waals surface area contributed by atoms with Gasteiger partial charge in [0.1, 0.15) is 5.82 Å². The summed E-state index contributed by atoms with van der Waals surface area (Å²) in [5.41, 5.74) is 0. The van der Waals surface area contributed by atoms with Crippen LogP contribution in [0.15, 0.2) is 24.4 Å². The van der Waals surface area contributed by atoms with E-state index in [9.17, 15) is 4.79 Å². The highest BCUT2D eigenvalue weighted by molar-refractivity contribution is 5.85. The third-order valence-electron chi connectivity index (χ3n) is 4.42. The third-order valence-corrected chi connectivity index (χ3v) is 4.42. The number of amides is 1. The number of nitrogens with zero attached hydrogens (tertiary/aromatic N) is 3. The molecule has 24 heavy (non-hydrogen) atoms. The van der Waals surface area contributed by atoms with E-state index in [1.807, 2.05) is 24.4 Å². The number of anilines is 1. The first-order valence-electron chi connectivity index (χ1n) is 8.20. The largest absolute Gasteiger partial charge is 0.354 e. The van der Waals surface area contributed by atoms with Crippen molar-refractivity contribution in [2.24, 2.45) is 0 Å². The second-order valence-corrected chi connectivity index (χ2v) is 6.04. The fraction of sp³-hybridized carbons (Fsp3) is 0.625. The first-order chi connectivity index (χ1) is 10.8. The van der Waals surface area contributed by atoms with E-state index >= 15 is 0 Å². The van der Waals surface area contributed by atoms with E-state index in [0.717, 1.165) is 57.9 Å². The van der Waals surface area contributed by atoms with Gasteiger partial charge in [-0.3, -0.25) is 9.69 Å². The fourth-order valence-electron chi connectivity index (χ4n) is 3.12. The van der Waals surface area contributed by atoms with Gasteiger partial charge in [-0.25, -0.2) is 4.98 Å². The molecule has 136 valence electrons. The number of aromatic nitrogens is 1. The zero-order chi connectivity index (χ0) is 15.2. The van der Waals surface area contributed by atoms with Crippen molar-refractivity contribution in [2.45, 2.75) is 18.9 Å². The predicted molar refractivity (Wildman–Crippen MR) is 101 cm³/mol. The minimum Gasteiger partial charge on any atom is -0.354 e. The van der Waals surface area contributed by atoms with Crippen LogP contribution >= 0.6 is 24.8 Å². The molecule has 3 rings (SSSR count). The first kappa shape index (κ1) is 21.0. The van der Waals surface area contributed by atoms with Crippen LogP contribution in [0.1, 0.15) is 12.8 Å². The van der Waals surface area contributed by atoms with Gasteiger partial charge < -0.3 is 15.5 Å². The van der Waals surface area contributed by atoms with Gasteiger partial charge in [0.05, 0.1) is 6.54 Å². The molecule has 2 saturated heterocycles. The van der Waals surface area contributed by atoms with Crippen molar-refractivity contribution in [1.82, 2.24) is 20.5 Å². The van der Waals surface area contributed by atoms with E-state index in [4.69, 9.17) is 0 Å². The Morgan fingerprint density at radius 3 is 2.50 bits per heavy atom. The van der Waals surface area contributed by atoms with Crippen molar-refractivity contribution < 1.29 is 4.79 Å². The molecule has 1 aromatic heterocycles. The van der Waals surface area contributed by atoms with Crippen molar-refractivity contribution in [3.05, 3.63) is 24.4 Å². The topological polar surface area (TPSA) is 60.5 Å². The van der Waals surface area contributed by atoms with Gasteiger partial charge in [0, 0.05) is 38.4 Å². The Morgan fingerprint density at radius 2 is 1.88 bits per heavy atom. The fourth-order valence-corrected chi connectivity index (χ4v) is 3.12. The SMILES string of the molecule is Cl.Cl.O=C(CN1CCN(c2ccccn2)CC1)NC1CCNCC1. The highest BCUT2D eigenvalue weighted by Gasteiger charge is 2.21. The molecular formula is C16H27Cl2N5O. The molecule has 2 aliphatic heterocycles. The molecule has 3 heterocycles. The standard InChI is InChI=1S/C16H25N5O.2ClH/c22-16(19-14-4-7-17-8-5-14)13-20-9-11-21(12-10-20)15-3-1-2-6-18-15;;/h1-3,6,14,17H,4-5,7-13H2,(H,19,22);2*1H. The summed E-state index contributed by atoms with van der Waals surface area (Å²) in [6.45, 7) is 6.21. The smallest absolute Gasteiger partial charge is 0.234 e. The lowest BCUT2D eigenvalue weighted by Crippen LogP contribution is -2.51. The van der Waals surface area contributed by atoms with Crippen LogP contribution in [0.3, 0.4) is 0 Å². The van der Waals surface area contributed by atoms with Gasteiger partial charge in [0.25, 0.3) is 0 Å². The van der Waals surface area contributed by atoms with Gasteiger partial charge in [0.15, 0.2) is 0 Å². The van der Waals surface area contributed by atoms with Crippen molar-refractivity contribution in [1.29, 1.82) is 0 Å². The lowest BCUT2D eigenvalue weighted by molar-refractivity contribution is -0.123. The number of piperazine rings is 1. The number of nitrogens with one attached hydrogen (secondary N) is 2. The summed E-state index contributed by atoms with van der Waals surface area (Å²) < 4.78 is 0. The summed E-state index contributed by atoms with van der Waals surface area (Å²) in [5.74, 6) is 1.19. The third kappa shape index (κ3) is 6.09. The van der Waals surface area contributed by atoms with Crippen LogP contribution in [0.25, 0.3) is 0 Å². The van der Waals surface area contributed by atoms with Gasteiger partial charge in [-0.05, 0) is 38.1 Å². The molecule has 1 aromatic rings. The van der Waals surface area contributed by atoms with Crippen LogP contribution in [0, 0.1) is 0 Å². The van der Waals surface area contributed by atoms with E-state index in [1.165, 1.54) is 0 Å². The van der Waals surface area contributed by atoms with Crippen LogP contribution in [-0.4, -0.2) is 67.6 Å². The van der Waals surface area contributed by atoms with E-state index in [2.05, 4.69) is 25.4 Å². The number of halogens is 2. The Labute approximate surface area is 156 Å². The number of hydrogen-bond donors (Lipinski definition) is 2. The summed E-state index contributed by atoms with van der Waals surface area (Å²) in [5, 5.41) is 6.48. The molecule has 1 amide bonds. The molecule has 2 N–H and O–H groups in total. The molecule has 0 unspecified atom stereocenters. The minimum atomic E-state index is 0. The number of pyridine rings is 1. The highest BCUT2D eigenvalue weighted by Crippen LogP contribution is 2.12. The summed E-state index contributed by atoms with van der Waals surface area (Å²) >= 11 is 0. The molecule has 0 bridgehead atoms. The molecule has 0 atom stereocenters. The Bertz CT molecular complexity index is 477. The lowest BCUT2D eigenvalue weighted by Gasteiger charge is -2.35. The van der Waals surface area contributed by atoms with Crippen LogP contribution in [0.5, 0.6) is 0 Å². The van der Waals surface area contributed by atoms with Crippen LogP contribution in [-0.2, 0) is 4.79 Å². The Morgan fingerprint density at radius 1 is 1.17 bits per heavy atom.